The third-order valence-electron chi connectivity index (χ3n) is 4.08. The lowest BCUT2D eigenvalue weighted by atomic mass is 9.90. The van der Waals surface area contributed by atoms with Crippen LogP contribution >= 0.6 is 15.9 Å². The molecule has 0 radical (unpaired) electrons. The highest BCUT2D eigenvalue weighted by Gasteiger charge is 2.14. The van der Waals surface area contributed by atoms with Crippen molar-refractivity contribution < 1.29 is 4.74 Å². The second-order valence-electron chi connectivity index (χ2n) is 5.51. The summed E-state index contributed by atoms with van der Waals surface area (Å²) in [4.78, 5) is 0. The number of benzene rings is 1. The molecular formula is C16H24BrNO. The van der Waals surface area contributed by atoms with Crippen molar-refractivity contribution in [3.05, 3.63) is 28.2 Å². The van der Waals surface area contributed by atoms with Crippen molar-refractivity contribution in [3.8, 4) is 5.75 Å². The lowest BCUT2D eigenvalue weighted by Gasteiger charge is -2.22. The molecule has 0 amide bonds. The molecule has 1 fully saturated rings. The Morgan fingerprint density at radius 1 is 1.32 bits per heavy atom. The summed E-state index contributed by atoms with van der Waals surface area (Å²) in [6.45, 7) is 3.02. The Morgan fingerprint density at radius 3 is 2.68 bits per heavy atom. The molecular weight excluding hydrogens is 302 g/mol. The second-order valence-corrected chi connectivity index (χ2v) is 6.36. The minimum atomic E-state index is 0.349. The first-order valence-electron chi connectivity index (χ1n) is 7.30. The summed E-state index contributed by atoms with van der Waals surface area (Å²) in [5.74, 6) is 1.73. The maximum atomic E-state index is 5.94. The summed E-state index contributed by atoms with van der Waals surface area (Å²) in [6, 6.07) is 6.66. The minimum Gasteiger partial charge on any atom is -0.493 e. The summed E-state index contributed by atoms with van der Waals surface area (Å²) in [5, 5.41) is 3.25. The molecule has 1 N–H and O–H groups in total. The predicted molar refractivity (Wildman–Crippen MR) is 83.7 cm³/mol. The van der Waals surface area contributed by atoms with Crippen LogP contribution < -0.4 is 10.1 Å². The molecule has 19 heavy (non-hydrogen) atoms. The molecule has 0 aliphatic heterocycles. The topological polar surface area (TPSA) is 21.3 Å². The largest absolute Gasteiger partial charge is 0.493 e. The first-order chi connectivity index (χ1) is 9.20. The fourth-order valence-electron chi connectivity index (χ4n) is 2.67. The van der Waals surface area contributed by atoms with E-state index in [1.807, 2.05) is 7.05 Å². The Bertz CT molecular complexity index is 402. The van der Waals surface area contributed by atoms with E-state index in [1.165, 1.54) is 37.7 Å². The smallest absolute Gasteiger partial charge is 0.120 e. The van der Waals surface area contributed by atoms with Gasteiger partial charge in [-0.1, -0.05) is 41.3 Å². The van der Waals surface area contributed by atoms with Gasteiger partial charge in [0.2, 0.25) is 0 Å². The van der Waals surface area contributed by atoms with Gasteiger partial charge in [-0.15, -0.1) is 0 Å². The highest BCUT2D eigenvalue weighted by Crippen LogP contribution is 2.29. The molecule has 0 saturated heterocycles. The van der Waals surface area contributed by atoms with Crippen LogP contribution in [0, 0.1) is 5.92 Å². The summed E-state index contributed by atoms with van der Waals surface area (Å²) >= 11 is 3.63. The third kappa shape index (κ3) is 4.22. The molecule has 106 valence electrons. The van der Waals surface area contributed by atoms with E-state index in [2.05, 4.69) is 46.4 Å². The van der Waals surface area contributed by atoms with Crippen LogP contribution in [0.15, 0.2) is 22.7 Å². The van der Waals surface area contributed by atoms with Gasteiger partial charge in [0.05, 0.1) is 6.61 Å². The zero-order valence-electron chi connectivity index (χ0n) is 11.9. The van der Waals surface area contributed by atoms with Gasteiger partial charge in [-0.05, 0) is 50.4 Å². The lowest BCUT2D eigenvalue weighted by Crippen LogP contribution is -2.15. The van der Waals surface area contributed by atoms with E-state index in [0.29, 0.717) is 6.04 Å². The number of nitrogens with one attached hydrogen (secondary N) is 1. The van der Waals surface area contributed by atoms with Gasteiger partial charge in [-0.3, -0.25) is 0 Å². The molecule has 1 unspecified atom stereocenters. The highest BCUT2D eigenvalue weighted by atomic mass is 79.9. The van der Waals surface area contributed by atoms with Gasteiger partial charge in [0.25, 0.3) is 0 Å². The van der Waals surface area contributed by atoms with Crippen LogP contribution in [0.2, 0.25) is 0 Å². The summed E-state index contributed by atoms with van der Waals surface area (Å²) < 4.78 is 7.07. The van der Waals surface area contributed by atoms with Gasteiger partial charge < -0.3 is 10.1 Å². The normalized spacial score (nSPS) is 18.3. The van der Waals surface area contributed by atoms with E-state index in [0.717, 1.165) is 22.7 Å². The number of halogens is 1. The molecule has 2 rings (SSSR count). The van der Waals surface area contributed by atoms with Crippen LogP contribution in [-0.4, -0.2) is 13.7 Å². The van der Waals surface area contributed by atoms with Crippen molar-refractivity contribution in [1.29, 1.82) is 0 Å². The van der Waals surface area contributed by atoms with E-state index in [1.54, 1.807) is 0 Å². The van der Waals surface area contributed by atoms with Gasteiger partial charge in [0, 0.05) is 10.5 Å². The number of ether oxygens (including phenoxy) is 1. The molecule has 1 atom stereocenters. The molecule has 1 aromatic carbocycles. The predicted octanol–water partition coefficient (Wildman–Crippen LogP) is 4.69. The van der Waals surface area contributed by atoms with Gasteiger partial charge in [0.15, 0.2) is 0 Å². The van der Waals surface area contributed by atoms with Crippen LogP contribution in [-0.2, 0) is 0 Å². The van der Waals surface area contributed by atoms with E-state index in [-0.39, 0.29) is 0 Å². The van der Waals surface area contributed by atoms with Crippen molar-refractivity contribution in [2.75, 3.05) is 13.7 Å². The van der Waals surface area contributed by atoms with Crippen LogP contribution in [0.4, 0.5) is 0 Å². The Kier molecular flexibility index (Phi) is 5.71. The molecule has 0 aromatic heterocycles. The monoisotopic (exact) mass is 325 g/mol. The van der Waals surface area contributed by atoms with E-state index in [9.17, 15) is 0 Å². The number of hydrogen-bond donors (Lipinski definition) is 1. The van der Waals surface area contributed by atoms with E-state index >= 15 is 0 Å². The maximum Gasteiger partial charge on any atom is 0.120 e. The SMILES string of the molecule is CNC(C)c1ccc(OCC2CCCCC2)cc1Br. The fourth-order valence-corrected chi connectivity index (χ4v) is 3.37. The van der Waals surface area contributed by atoms with Crippen molar-refractivity contribution in [2.24, 2.45) is 5.92 Å². The van der Waals surface area contributed by atoms with Gasteiger partial charge in [-0.2, -0.15) is 0 Å². The third-order valence-corrected chi connectivity index (χ3v) is 4.77. The fraction of sp³-hybridized carbons (Fsp3) is 0.625. The van der Waals surface area contributed by atoms with Gasteiger partial charge in [-0.25, -0.2) is 0 Å². The minimum absolute atomic E-state index is 0.349. The number of hydrogen-bond acceptors (Lipinski definition) is 2. The molecule has 0 heterocycles. The zero-order valence-corrected chi connectivity index (χ0v) is 13.5. The van der Waals surface area contributed by atoms with Crippen LogP contribution in [0.1, 0.15) is 50.6 Å². The molecule has 3 heteroatoms. The molecule has 1 aliphatic carbocycles. The molecule has 0 spiro atoms. The summed E-state index contributed by atoms with van der Waals surface area (Å²) in [6.07, 6.45) is 6.80. The first kappa shape index (κ1) is 14.9. The summed E-state index contributed by atoms with van der Waals surface area (Å²) in [7, 11) is 1.98. The highest BCUT2D eigenvalue weighted by molar-refractivity contribution is 9.10. The standard InChI is InChI=1S/C16H24BrNO/c1-12(18-2)15-9-8-14(10-16(15)17)19-11-13-6-4-3-5-7-13/h8-10,12-13,18H,3-7,11H2,1-2H3. The summed E-state index contributed by atoms with van der Waals surface area (Å²) in [5.41, 5.74) is 1.27. The van der Waals surface area contributed by atoms with Crippen molar-refractivity contribution in [1.82, 2.24) is 5.32 Å². The first-order valence-corrected chi connectivity index (χ1v) is 8.09. The maximum absolute atomic E-state index is 5.94. The van der Waals surface area contributed by atoms with E-state index < -0.39 is 0 Å². The van der Waals surface area contributed by atoms with Crippen LogP contribution in [0.25, 0.3) is 0 Å². The average Bonchev–Trinajstić information content (AvgIpc) is 2.45. The lowest BCUT2D eigenvalue weighted by molar-refractivity contribution is 0.208. The second kappa shape index (κ2) is 7.30. The van der Waals surface area contributed by atoms with Gasteiger partial charge >= 0.3 is 0 Å². The van der Waals surface area contributed by atoms with E-state index in [4.69, 9.17) is 4.74 Å². The zero-order chi connectivity index (χ0) is 13.7. The Balaban J connectivity index is 1.92. The Hall–Kier alpha value is -0.540. The quantitative estimate of drug-likeness (QED) is 0.848. The molecule has 0 bridgehead atoms. The van der Waals surface area contributed by atoms with Gasteiger partial charge in [0.1, 0.15) is 5.75 Å². The Morgan fingerprint density at radius 2 is 2.05 bits per heavy atom. The van der Waals surface area contributed by atoms with Crippen molar-refractivity contribution in [2.45, 2.75) is 45.1 Å². The van der Waals surface area contributed by atoms with Crippen LogP contribution in [0.5, 0.6) is 5.75 Å². The van der Waals surface area contributed by atoms with Crippen molar-refractivity contribution >= 4 is 15.9 Å². The Labute approximate surface area is 125 Å². The van der Waals surface area contributed by atoms with Crippen molar-refractivity contribution in [3.63, 3.8) is 0 Å². The van der Waals surface area contributed by atoms with Crippen LogP contribution in [0.3, 0.4) is 0 Å². The number of rotatable bonds is 5. The molecule has 2 nitrogen and oxygen atoms in total. The molecule has 1 aromatic rings. The molecule has 1 saturated carbocycles. The molecule has 1 aliphatic rings. The average molecular weight is 326 g/mol.